The molecule has 0 unspecified atom stereocenters. The number of nitrogens with one attached hydrogen (secondary N) is 1. The number of benzene rings is 1. The summed E-state index contributed by atoms with van der Waals surface area (Å²) in [7, 11) is 0. The van der Waals surface area contributed by atoms with Crippen LogP contribution in [0.4, 0.5) is 5.13 Å². The third kappa shape index (κ3) is 3.99. The molecule has 98 valence electrons. The van der Waals surface area contributed by atoms with E-state index in [1.54, 1.807) is 6.08 Å². The number of aryl methyl sites for hydroxylation is 2. The fourth-order valence-electron chi connectivity index (χ4n) is 1.44. The summed E-state index contributed by atoms with van der Waals surface area (Å²) >= 11 is 1.40. The van der Waals surface area contributed by atoms with Crippen molar-refractivity contribution in [2.75, 3.05) is 5.32 Å². The topological polar surface area (TPSA) is 54.9 Å². The standard InChI is InChI=1S/C14H15N3OS/c1-3-13-16-17-14(19-13)15-12(18)9-8-11-6-4-10(2)5-7-11/h4-9H,3H2,1-2H3,(H,15,17,18). The van der Waals surface area contributed by atoms with Crippen molar-refractivity contribution in [1.29, 1.82) is 0 Å². The first-order valence-corrected chi connectivity index (χ1v) is 6.87. The third-order valence-electron chi connectivity index (χ3n) is 2.50. The molecule has 5 heteroatoms. The van der Waals surface area contributed by atoms with Crippen LogP contribution < -0.4 is 5.32 Å². The van der Waals surface area contributed by atoms with E-state index in [1.165, 1.54) is 23.0 Å². The summed E-state index contributed by atoms with van der Waals surface area (Å²) in [6, 6.07) is 7.96. The molecule has 0 saturated heterocycles. The van der Waals surface area contributed by atoms with E-state index in [1.807, 2.05) is 38.1 Å². The molecule has 1 amide bonds. The minimum Gasteiger partial charge on any atom is -0.297 e. The molecule has 1 aromatic carbocycles. The highest BCUT2D eigenvalue weighted by Gasteiger charge is 2.04. The summed E-state index contributed by atoms with van der Waals surface area (Å²) in [6.07, 6.45) is 4.10. The van der Waals surface area contributed by atoms with Gasteiger partial charge in [0.1, 0.15) is 5.01 Å². The number of rotatable bonds is 4. The summed E-state index contributed by atoms with van der Waals surface area (Å²) in [6.45, 7) is 4.03. The van der Waals surface area contributed by atoms with Crippen LogP contribution in [0.15, 0.2) is 30.3 Å². The van der Waals surface area contributed by atoms with Gasteiger partial charge in [0.15, 0.2) is 0 Å². The quantitative estimate of drug-likeness (QED) is 0.871. The highest BCUT2D eigenvalue weighted by atomic mass is 32.1. The lowest BCUT2D eigenvalue weighted by atomic mass is 10.1. The summed E-state index contributed by atoms with van der Waals surface area (Å²) in [5, 5.41) is 12.0. The Hall–Kier alpha value is -2.01. The number of hydrogen-bond acceptors (Lipinski definition) is 4. The predicted molar refractivity (Wildman–Crippen MR) is 78.1 cm³/mol. The van der Waals surface area contributed by atoms with E-state index in [-0.39, 0.29) is 5.91 Å². The van der Waals surface area contributed by atoms with Crippen LogP contribution in [0, 0.1) is 6.92 Å². The van der Waals surface area contributed by atoms with E-state index in [0.717, 1.165) is 17.0 Å². The maximum Gasteiger partial charge on any atom is 0.250 e. The number of carbonyl (C=O) groups excluding carboxylic acids is 1. The molecule has 1 aromatic heterocycles. The third-order valence-corrected chi connectivity index (χ3v) is 3.49. The SMILES string of the molecule is CCc1nnc(NC(=O)C=Cc2ccc(C)cc2)s1. The number of hydrogen-bond donors (Lipinski definition) is 1. The van der Waals surface area contributed by atoms with E-state index in [9.17, 15) is 4.79 Å². The van der Waals surface area contributed by atoms with Gasteiger partial charge in [0.05, 0.1) is 0 Å². The first-order valence-electron chi connectivity index (χ1n) is 6.05. The van der Waals surface area contributed by atoms with Crippen LogP contribution in [0.5, 0.6) is 0 Å². The van der Waals surface area contributed by atoms with Crippen molar-refractivity contribution in [1.82, 2.24) is 10.2 Å². The van der Waals surface area contributed by atoms with Gasteiger partial charge in [0.25, 0.3) is 0 Å². The molecule has 2 rings (SSSR count). The van der Waals surface area contributed by atoms with Crippen LogP contribution in [0.2, 0.25) is 0 Å². The summed E-state index contributed by atoms with van der Waals surface area (Å²) in [5.41, 5.74) is 2.19. The molecule has 1 heterocycles. The van der Waals surface area contributed by atoms with Crippen LogP contribution in [0.3, 0.4) is 0 Å². The molecule has 19 heavy (non-hydrogen) atoms. The van der Waals surface area contributed by atoms with Crippen molar-refractivity contribution >= 4 is 28.5 Å². The zero-order valence-electron chi connectivity index (χ0n) is 10.9. The van der Waals surface area contributed by atoms with Crippen molar-refractivity contribution in [3.8, 4) is 0 Å². The normalized spacial score (nSPS) is 10.8. The zero-order valence-corrected chi connectivity index (χ0v) is 11.7. The Morgan fingerprint density at radius 3 is 2.68 bits per heavy atom. The average molecular weight is 273 g/mol. The van der Waals surface area contributed by atoms with Gasteiger partial charge in [-0.05, 0) is 25.0 Å². The van der Waals surface area contributed by atoms with Gasteiger partial charge in [0, 0.05) is 6.08 Å². The molecule has 0 fully saturated rings. The number of amides is 1. The number of anilines is 1. The lowest BCUT2D eigenvalue weighted by molar-refractivity contribution is -0.111. The Morgan fingerprint density at radius 2 is 2.05 bits per heavy atom. The first-order chi connectivity index (χ1) is 9.17. The van der Waals surface area contributed by atoms with Gasteiger partial charge in [-0.2, -0.15) is 0 Å². The molecule has 0 atom stereocenters. The molecule has 0 saturated carbocycles. The molecule has 0 radical (unpaired) electrons. The van der Waals surface area contributed by atoms with Crippen molar-refractivity contribution in [2.24, 2.45) is 0 Å². The highest BCUT2D eigenvalue weighted by Crippen LogP contribution is 2.15. The van der Waals surface area contributed by atoms with Crippen LogP contribution in [-0.4, -0.2) is 16.1 Å². The molecule has 0 bridgehead atoms. The molecular weight excluding hydrogens is 258 g/mol. The monoisotopic (exact) mass is 273 g/mol. The van der Waals surface area contributed by atoms with Crippen LogP contribution in [0.1, 0.15) is 23.1 Å². The second kappa shape index (κ2) is 6.24. The minimum atomic E-state index is -0.195. The van der Waals surface area contributed by atoms with Crippen LogP contribution >= 0.6 is 11.3 Å². The van der Waals surface area contributed by atoms with E-state index >= 15 is 0 Å². The Labute approximate surface area is 116 Å². The van der Waals surface area contributed by atoms with E-state index < -0.39 is 0 Å². The fraction of sp³-hybridized carbons (Fsp3) is 0.214. The number of aromatic nitrogens is 2. The maximum absolute atomic E-state index is 11.7. The van der Waals surface area contributed by atoms with Gasteiger partial charge in [-0.1, -0.05) is 48.1 Å². The first kappa shape index (κ1) is 13.4. The van der Waals surface area contributed by atoms with E-state index in [4.69, 9.17) is 0 Å². The lowest BCUT2D eigenvalue weighted by Gasteiger charge is -1.96. The van der Waals surface area contributed by atoms with Crippen molar-refractivity contribution in [3.05, 3.63) is 46.5 Å². The van der Waals surface area contributed by atoms with Gasteiger partial charge in [0.2, 0.25) is 11.0 Å². The molecule has 1 N–H and O–H groups in total. The van der Waals surface area contributed by atoms with E-state index in [2.05, 4.69) is 15.5 Å². The van der Waals surface area contributed by atoms with Crippen LogP contribution in [-0.2, 0) is 11.2 Å². The molecule has 0 aliphatic carbocycles. The Kier molecular flexibility index (Phi) is 4.41. The van der Waals surface area contributed by atoms with Crippen LogP contribution in [0.25, 0.3) is 6.08 Å². The maximum atomic E-state index is 11.7. The lowest BCUT2D eigenvalue weighted by Crippen LogP contribution is -2.07. The zero-order chi connectivity index (χ0) is 13.7. The van der Waals surface area contributed by atoms with Crippen molar-refractivity contribution in [3.63, 3.8) is 0 Å². The summed E-state index contributed by atoms with van der Waals surface area (Å²) in [5.74, 6) is -0.195. The number of nitrogens with zero attached hydrogens (tertiary/aromatic N) is 2. The van der Waals surface area contributed by atoms with Gasteiger partial charge in [-0.25, -0.2) is 0 Å². The molecular formula is C14H15N3OS. The summed E-state index contributed by atoms with van der Waals surface area (Å²) < 4.78 is 0. The van der Waals surface area contributed by atoms with Gasteiger partial charge < -0.3 is 0 Å². The largest absolute Gasteiger partial charge is 0.297 e. The van der Waals surface area contributed by atoms with Gasteiger partial charge in [-0.3, -0.25) is 10.1 Å². The molecule has 0 aliphatic heterocycles. The molecule has 0 spiro atoms. The fourth-order valence-corrected chi connectivity index (χ4v) is 2.13. The molecule has 0 aliphatic rings. The minimum absolute atomic E-state index is 0.195. The molecule has 4 nitrogen and oxygen atoms in total. The Bertz CT molecular complexity index is 587. The van der Waals surface area contributed by atoms with Crippen molar-refractivity contribution < 1.29 is 4.79 Å². The second-order valence-electron chi connectivity index (χ2n) is 4.09. The van der Waals surface area contributed by atoms with Gasteiger partial charge >= 0.3 is 0 Å². The predicted octanol–water partition coefficient (Wildman–Crippen LogP) is 3.06. The van der Waals surface area contributed by atoms with E-state index in [0.29, 0.717) is 5.13 Å². The highest BCUT2D eigenvalue weighted by molar-refractivity contribution is 7.15. The Balaban J connectivity index is 1.95. The summed E-state index contributed by atoms with van der Waals surface area (Å²) in [4.78, 5) is 11.7. The Morgan fingerprint density at radius 1 is 1.32 bits per heavy atom. The van der Waals surface area contributed by atoms with Gasteiger partial charge in [-0.15, -0.1) is 10.2 Å². The average Bonchev–Trinajstić information content (AvgIpc) is 2.86. The smallest absolute Gasteiger partial charge is 0.250 e. The second-order valence-corrected chi connectivity index (χ2v) is 5.15. The number of carbonyl (C=O) groups is 1. The van der Waals surface area contributed by atoms with Crippen molar-refractivity contribution in [2.45, 2.75) is 20.3 Å². The molecule has 2 aromatic rings.